The van der Waals surface area contributed by atoms with Crippen LogP contribution in [-0.2, 0) is 17.8 Å². The molecule has 0 saturated carbocycles. The standard InChI is InChI=1S/C23H23Cl3N2O2/c1-30-11-5-10-28(23(29)18-12-19(24)14-20(25)13-18)16-21-7-4-9-27(21)15-17-6-2-3-8-22(17)26/h2-4,6-9,12-14H,5,10-11,15-16H2,1H3. The predicted octanol–water partition coefficient (Wildman–Crippen LogP) is 6.18. The lowest BCUT2D eigenvalue weighted by Gasteiger charge is -2.24. The van der Waals surface area contributed by atoms with Crippen molar-refractivity contribution < 1.29 is 9.53 Å². The summed E-state index contributed by atoms with van der Waals surface area (Å²) in [7, 11) is 1.65. The topological polar surface area (TPSA) is 34.5 Å². The van der Waals surface area contributed by atoms with Crippen molar-refractivity contribution in [1.29, 1.82) is 0 Å². The van der Waals surface area contributed by atoms with Gasteiger partial charge < -0.3 is 14.2 Å². The fraction of sp³-hybridized carbons (Fsp3) is 0.261. The first-order valence-corrected chi connectivity index (χ1v) is 10.7. The van der Waals surface area contributed by atoms with E-state index in [4.69, 9.17) is 39.5 Å². The van der Waals surface area contributed by atoms with Gasteiger partial charge in [-0.15, -0.1) is 0 Å². The molecule has 7 heteroatoms. The maximum absolute atomic E-state index is 13.2. The van der Waals surface area contributed by atoms with Gasteiger partial charge in [0.05, 0.1) is 6.54 Å². The molecule has 0 bridgehead atoms. The normalized spacial score (nSPS) is 10.9. The third-order valence-electron chi connectivity index (χ3n) is 4.75. The summed E-state index contributed by atoms with van der Waals surface area (Å²) < 4.78 is 7.27. The van der Waals surface area contributed by atoms with Gasteiger partial charge in [0.1, 0.15) is 0 Å². The van der Waals surface area contributed by atoms with Crippen LogP contribution in [0.4, 0.5) is 0 Å². The first-order valence-electron chi connectivity index (χ1n) is 9.59. The second-order valence-electron chi connectivity index (χ2n) is 6.95. The van der Waals surface area contributed by atoms with Crippen LogP contribution in [0.3, 0.4) is 0 Å². The monoisotopic (exact) mass is 464 g/mol. The van der Waals surface area contributed by atoms with Crippen molar-refractivity contribution in [2.45, 2.75) is 19.5 Å². The van der Waals surface area contributed by atoms with E-state index in [9.17, 15) is 4.79 Å². The van der Waals surface area contributed by atoms with Crippen molar-refractivity contribution in [1.82, 2.24) is 9.47 Å². The molecular formula is C23H23Cl3N2O2. The highest BCUT2D eigenvalue weighted by Crippen LogP contribution is 2.22. The minimum Gasteiger partial charge on any atom is -0.385 e. The summed E-state index contributed by atoms with van der Waals surface area (Å²) in [5, 5.41) is 1.59. The number of rotatable bonds is 9. The molecule has 4 nitrogen and oxygen atoms in total. The van der Waals surface area contributed by atoms with Crippen LogP contribution in [-0.4, -0.2) is 35.6 Å². The Morgan fingerprint density at radius 2 is 1.77 bits per heavy atom. The van der Waals surface area contributed by atoms with Crippen molar-refractivity contribution >= 4 is 40.7 Å². The van der Waals surface area contributed by atoms with Crippen molar-refractivity contribution in [2.75, 3.05) is 20.3 Å². The molecule has 30 heavy (non-hydrogen) atoms. The molecule has 0 unspecified atom stereocenters. The Balaban J connectivity index is 1.83. The summed E-state index contributed by atoms with van der Waals surface area (Å²) in [6, 6.07) is 16.6. The van der Waals surface area contributed by atoms with E-state index in [2.05, 4.69) is 4.57 Å². The second-order valence-corrected chi connectivity index (χ2v) is 8.23. The highest BCUT2D eigenvalue weighted by molar-refractivity contribution is 6.35. The lowest BCUT2D eigenvalue weighted by atomic mass is 10.2. The van der Waals surface area contributed by atoms with Gasteiger partial charge >= 0.3 is 0 Å². The van der Waals surface area contributed by atoms with Crippen LogP contribution < -0.4 is 0 Å². The average molecular weight is 466 g/mol. The molecule has 0 N–H and O–H groups in total. The van der Waals surface area contributed by atoms with Gasteiger partial charge in [-0.3, -0.25) is 4.79 Å². The van der Waals surface area contributed by atoms with E-state index in [1.54, 1.807) is 30.2 Å². The zero-order valence-electron chi connectivity index (χ0n) is 16.7. The molecule has 1 amide bonds. The van der Waals surface area contributed by atoms with E-state index in [1.165, 1.54) is 0 Å². The van der Waals surface area contributed by atoms with E-state index in [1.807, 2.05) is 42.6 Å². The van der Waals surface area contributed by atoms with E-state index in [0.29, 0.717) is 41.8 Å². The largest absolute Gasteiger partial charge is 0.385 e. The maximum atomic E-state index is 13.2. The van der Waals surface area contributed by atoms with Gasteiger partial charge in [0.15, 0.2) is 0 Å². The van der Waals surface area contributed by atoms with Crippen molar-refractivity contribution in [3.8, 4) is 0 Å². The van der Waals surface area contributed by atoms with E-state index < -0.39 is 0 Å². The van der Waals surface area contributed by atoms with Crippen LogP contribution in [0.25, 0.3) is 0 Å². The number of ether oxygens (including phenoxy) is 1. The molecule has 0 atom stereocenters. The van der Waals surface area contributed by atoms with E-state index >= 15 is 0 Å². The van der Waals surface area contributed by atoms with Crippen LogP contribution in [0, 0.1) is 0 Å². The lowest BCUT2D eigenvalue weighted by molar-refractivity contribution is 0.0720. The number of aromatic nitrogens is 1. The molecule has 0 fully saturated rings. The number of amides is 1. The van der Waals surface area contributed by atoms with Gasteiger partial charge in [0.25, 0.3) is 5.91 Å². The van der Waals surface area contributed by atoms with Gasteiger partial charge in [-0.1, -0.05) is 53.0 Å². The van der Waals surface area contributed by atoms with Gasteiger partial charge in [-0.05, 0) is 48.4 Å². The van der Waals surface area contributed by atoms with Crippen molar-refractivity contribution in [3.63, 3.8) is 0 Å². The van der Waals surface area contributed by atoms with Crippen LogP contribution in [0.1, 0.15) is 28.0 Å². The number of carbonyl (C=O) groups excluding carboxylic acids is 1. The van der Waals surface area contributed by atoms with E-state index in [0.717, 1.165) is 22.7 Å². The Morgan fingerprint density at radius 1 is 1.03 bits per heavy atom. The summed E-state index contributed by atoms with van der Waals surface area (Å²) in [6.07, 6.45) is 2.72. The predicted molar refractivity (Wildman–Crippen MR) is 123 cm³/mol. The van der Waals surface area contributed by atoms with Gasteiger partial charge in [0, 0.05) is 59.3 Å². The molecule has 2 aromatic carbocycles. The second kappa shape index (κ2) is 10.9. The molecule has 0 aliphatic rings. The molecular weight excluding hydrogens is 443 g/mol. The zero-order valence-corrected chi connectivity index (χ0v) is 18.9. The molecule has 0 radical (unpaired) electrons. The summed E-state index contributed by atoms with van der Waals surface area (Å²) in [6.45, 7) is 2.20. The fourth-order valence-electron chi connectivity index (χ4n) is 3.26. The van der Waals surface area contributed by atoms with Gasteiger partial charge in [-0.2, -0.15) is 0 Å². The molecule has 1 aromatic heterocycles. The highest BCUT2D eigenvalue weighted by Gasteiger charge is 2.19. The number of benzene rings is 2. The van der Waals surface area contributed by atoms with Crippen molar-refractivity contribution in [2.24, 2.45) is 0 Å². The Labute approximate surface area is 191 Å². The quantitative estimate of drug-likeness (QED) is 0.354. The Hall–Kier alpha value is -1.98. The molecule has 158 valence electrons. The highest BCUT2D eigenvalue weighted by atomic mass is 35.5. The number of hydrogen-bond donors (Lipinski definition) is 0. The van der Waals surface area contributed by atoms with Crippen LogP contribution in [0.5, 0.6) is 0 Å². The summed E-state index contributed by atoms with van der Waals surface area (Å²) >= 11 is 18.5. The third kappa shape index (κ3) is 6.02. The molecule has 0 aliphatic carbocycles. The van der Waals surface area contributed by atoms with E-state index in [-0.39, 0.29) is 5.91 Å². The molecule has 1 heterocycles. The first kappa shape index (κ1) is 22.7. The Bertz CT molecular complexity index is 983. The van der Waals surface area contributed by atoms with Crippen LogP contribution >= 0.6 is 34.8 Å². The number of hydrogen-bond acceptors (Lipinski definition) is 2. The molecule has 0 saturated heterocycles. The minimum absolute atomic E-state index is 0.124. The number of halogens is 3. The number of methoxy groups -OCH3 is 1. The summed E-state index contributed by atoms with van der Waals surface area (Å²) in [5.41, 5.74) is 2.50. The Morgan fingerprint density at radius 3 is 2.47 bits per heavy atom. The molecule has 3 aromatic rings. The van der Waals surface area contributed by atoms with Crippen molar-refractivity contribution in [3.05, 3.63) is 92.7 Å². The SMILES string of the molecule is COCCCN(Cc1cccn1Cc1ccccc1Cl)C(=O)c1cc(Cl)cc(Cl)c1. The summed E-state index contributed by atoms with van der Waals surface area (Å²) in [4.78, 5) is 15.0. The smallest absolute Gasteiger partial charge is 0.254 e. The molecule has 0 aliphatic heterocycles. The number of nitrogens with zero attached hydrogens (tertiary/aromatic N) is 2. The Kier molecular flexibility index (Phi) is 8.23. The lowest BCUT2D eigenvalue weighted by Crippen LogP contribution is -2.33. The zero-order chi connectivity index (χ0) is 21.5. The van der Waals surface area contributed by atoms with Gasteiger partial charge in [0.2, 0.25) is 0 Å². The maximum Gasteiger partial charge on any atom is 0.254 e. The van der Waals surface area contributed by atoms with Crippen LogP contribution in [0.15, 0.2) is 60.8 Å². The minimum atomic E-state index is -0.124. The molecule has 0 spiro atoms. The fourth-order valence-corrected chi connectivity index (χ4v) is 3.99. The molecule has 3 rings (SSSR count). The third-order valence-corrected chi connectivity index (χ3v) is 5.55. The average Bonchev–Trinajstić information content (AvgIpc) is 3.14. The van der Waals surface area contributed by atoms with Crippen LogP contribution in [0.2, 0.25) is 15.1 Å². The first-order chi connectivity index (χ1) is 14.5. The van der Waals surface area contributed by atoms with Gasteiger partial charge in [-0.25, -0.2) is 0 Å². The number of carbonyl (C=O) groups is 1. The summed E-state index contributed by atoms with van der Waals surface area (Å²) in [5.74, 6) is -0.124.